The minimum atomic E-state index is -0.288. The molecule has 4 heterocycles. The first-order chi connectivity index (χ1) is 18.6. The summed E-state index contributed by atoms with van der Waals surface area (Å²) in [4.78, 5) is 34.1. The Hall–Kier alpha value is -3.43. The number of aromatic nitrogens is 3. The van der Waals surface area contributed by atoms with E-state index >= 15 is 0 Å². The van der Waals surface area contributed by atoms with Crippen molar-refractivity contribution in [2.45, 2.75) is 51.8 Å². The van der Waals surface area contributed by atoms with Crippen molar-refractivity contribution < 1.29 is 9.59 Å². The second-order valence-electron chi connectivity index (χ2n) is 10.8. The van der Waals surface area contributed by atoms with Crippen LogP contribution in [0.1, 0.15) is 59.0 Å². The summed E-state index contributed by atoms with van der Waals surface area (Å²) in [5.41, 5.74) is 5.53. The van der Waals surface area contributed by atoms with E-state index < -0.39 is 0 Å². The fourth-order valence-corrected chi connectivity index (χ4v) is 6.94. The molecule has 9 heteroatoms. The molecule has 0 radical (unpaired) electrons. The maximum atomic E-state index is 13.8. The summed E-state index contributed by atoms with van der Waals surface area (Å²) in [6.07, 6.45) is 1.70. The first-order valence-electron chi connectivity index (χ1n) is 13.0. The monoisotopic (exact) mass is 559 g/mol. The van der Waals surface area contributed by atoms with Crippen LogP contribution in [0.3, 0.4) is 0 Å². The van der Waals surface area contributed by atoms with E-state index in [1.54, 1.807) is 34.2 Å². The van der Waals surface area contributed by atoms with E-state index in [0.717, 1.165) is 33.8 Å². The van der Waals surface area contributed by atoms with Crippen LogP contribution in [0.15, 0.2) is 60.1 Å². The molecule has 0 aliphatic carbocycles. The number of fused-ring (bicyclic) bond motifs is 1. The number of nitrogens with one attached hydrogen (secondary N) is 1. The Labute approximate surface area is 237 Å². The average Bonchev–Trinajstić information content (AvgIpc) is 3.55. The lowest BCUT2D eigenvalue weighted by atomic mass is 9.88. The zero-order chi connectivity index (χ0) is 27.7. The number of hydrogen-bond donors (Lipinski definition) is 1. The largest absolute Gasteiger partial charge is 0.349 e. The molecule has 1 aromatic carbocycles. The Morgan fingerprint density at radius 1 is 1.10 bits per heavy atom. The van der Waals surface area contributed by atoms with E-state index in [1.165, 1.54) is 4.88 Å². The van der Waals surface area contributed by atoms with Crippen LogP contribution in [0, 0.1) is 13.8 Å². The SMILES string of the molecule is Cc1cccc(-n2nc(C(C)(C)C)c3c2N(CC(=O)NCc2ccccn2)C(=O)CSC3c2cccs2)c1C. The van der Waals surface area contributed by atoms with Crippen molar-refractivity contribution in [1.29, 1.82) is 0 Å². The summed E-state index contributed by atoms with van der Waals surface area (Å²) < 4.78 is 1.90. The maximum absolute atomic E-state index is 13.8. The number of rotatable bonds is 6. The molecule has 2 amide bonds. The number of nitrogens with zero attached hydrogens (tertiary/aromatic N) is 4. The second-order valence-corrected chi connectivity index (χ2v) is 12.8. The van der Waals surface area contributed by atoms with Crippen LogP contribution in [0.2, 0.25) is 0 Å². The molecule has 5 rings (SSSR count). The standard InChI is InChI=1S/C30H33N5O2S2/c1-19-10-8-12-22(20(19)2)35-29-26(28(33-35)30(3,4)5)27(23-13-9-15-38-23)39-18-25(37)34(29)17-24(36)32-16-21-11-6-7-14-31-21/h6-15,27H,16-18H2,1-5H3,(H,32,36). The van der Waals surface area contributed by atoms with Gasteiger partial charge in [-0.1, -0.05) is 45.0 Å². The number of carbonyl (C=O) groups is 2. The number of carbonyl (C=O) groups excluding carboxylic acids is 2. The lowest BCUT2D eigenvalue weighted by molar-refractivity contribution is -0.123. The lowest BCUT2D eigenvalue weighted by Gasteiger charge is -2.24. The molecule has 202 valence electrons. The molecule has 1 N–H and O–H groups in total. The van der Waals surface area contributed by atoms with Crippen LogP contribution in [0.4, 0.5) is 5.82 Å². The molecule has 0 bridgehead atoms. The van der Waals surface area contributed by atoms with Crippen LogP contribution >= 0.6 is 23.1 Å². The van der Waals surface area contributed by atoms with Gasteiger partial charge in [-0.3, -0.25) is 19.5 Å². The fourth-order valence-electron chi connectivity index (χ4n) is 4.76. The zero-order valence-electron chi connectivity index (χ0n) is 22.9. The predicted molar refractivity (Wildman–Crippen MR) is 159 cm³/mol. The van der Waals surface area contributed by atoms with Crippen LogP contribution < -0.4 is 10.2 Å². The number of anilines is 1. The van der Waals surface area contributed by atoms with E-state index in [-0.39, 0.29) is 34.8 Å². The minimum Gasteiger partial charge on any atom is -0.349 e. The predicted octanol–water partition coefficient (Wildman–Crippen LogP) is 5.73. The Kier molecular flexibility index (Phi) is 7.64. The van der Waals surface area contributed by atoms with Gasteiger partial charge in [0.2, 0.25) is 11.8 Å². The topological polar surface area (TPSA) is 80.1 Å². The Bertz CT molecular complexity index is 1490. The third-order valence-electron chi connectivity index (χ3n) is 6.90. The summed E-state index contributed by atoms with van der Waals surface area (Å²) in [5, 5.41) is 10.1. The lowest BCUT2D eigenvalue weighted by Crippen LogP contribution is -2.42. The Morgan fingerprint density at radius 3 is 2.62 bits per heavy atom. The van der Waals surface area contributed by atoms with Gasteiger partial charge in [-0.15, -0.1) is 23.1 Å². The van der Waals surface area contributed by atoms with E-state index in [4.69, 9.17) is 5.10 Å². The molecule has 4 aromatic rings. The summed E-state index contributed by atoms with van der Waals surface area (Å²) in [7, 11) is 0. The van der Waals surface area contributed by atoms with Crippen molar-refractivity contribution in [3.8, 4) is 5.69 Å². The van der Waals surface area contributed by atoms with E-state index in [1.807, 2.05) is 41.1 Å². The number of pyridine rings is 1. The third kappa shape index (κ3) is 5.51. The molecular weight excluding hydrogens is 526 g/mol. The van der Waals surface area contributed by atoms with Crippen LogP contribution in [0.5, 0.6) is 0 Å². The van der Waals surface area contributed by atoms with Gasteiger partial charge in [0.05, 0.1) is 34.6 Å². The van der Waals surface area contributed by atoms with Gasteiger partial charge in [-0.25, -0.2) is 4.68 Å². The number of hydrogen-bond acceptors (Lipinski definition) is 6. The molecule has 1 aliphatic rings. The Morgan fingerprint density at radius 2 is 1.92 bits per heavy atom. The highest BCUT2D eigenvalue weighted by molar-refractivity contribution is 8.00. The van der Waals surface area contributed by atoms with Gasteiger partial charge >= 0.3 is 0 Å². The van der Waals surface area contributed by atoms with Gasteiger partial charge in [0, 0.05) is 22.1 Å². The molecule has 0 saturated heterocycles. The first-order valence-corrected chi connectivity index (χ1v) is 14.9. The number of thioether (sulfide) groups is 1. The van der Waals surface area contributed by atoms with E-state index in [2.05, 4.69) is 62.4 Å². The zero-order valence-corrected chi connectivity index (χ0v) is 24.5. The first kappa shape index (κ1) is 27.1. The molecular formula is C30H33N5O2S2. The summed E-state index contributed by atoms with van der Waals surface area (Å²) in [5.74, 6) is 0.585. The number of benzene rings is 1. The normalized spacial score (nSPS) is 15.7. The van der Waals surface area contributed by atoms with Crippen molar-refractivity contribution in [1.82, 2.24) is 20.1 Å². The van der Waals surface area contributed by atoms with Crippen molar-refractivity contribution in [2.75, 3.05) is 17.2 Å². The molecule has 0 saturated carbocycles. The molecule has 0 spiro atoms. The van der Waals surface area contributed by atoms with Crippen molar-refractivity contribution >= 4 is 40.7 Å². The highest BCUT2D eigenvalue weighted by Crippen LogP contribution is 2.49. The van der Waals surface area contributed by atoms with Crippen LogP contribution in [-0.2, 0) is 21.5 Å². The van der Waals surface area contributed by atoms with Gasteiger partial charge in [0.15, 0.2) is 0 Å². The fraction of sp³-hybridized carbons (Fsp3) is 0.333. The maximum Gasteiger partial charge on any atom is 0.240 e. The number of amides is 2. The molecule has 1 aliphatic heterocycles. The number of thiophene rings is 1. The van der Waals surface area contributed by atoms with Crippen LogP contribution in [-0.4, -0.2) is 38.9 Å². The smallest absolute Gasteiger partial charge is 0.240 e. The summed E-state index contributed by atoms with van der Waals surface area (Å²) in [6.45, 7) is 10.8. The van der Waals surface area contributed by atoms with Gasteiger partial charge in [0.25, 0.3) is 0 Å². The molecule has 0 fully saturated rings. The summed E-state index contributed by atoms with van der Waals surface area (Å²) >= 11 is 3.28. The number of aryl methyl sites for hydroxylation is 1. The highest BCUT2D eigenvalue weighted by Gasteiger charge is 2.40. The van der Waals surface area contributed by atoms with Gasteiger partial charge in [-0.05, 0) is 54.6 Å². The van der Waals surface area contributed by atoms with E-state index in [0.29, 0.717) is 12.4 Å². The third-order valence-corrected chi connectivity index (χ3v) is 9.22. The van der Waals surface area contributed by atoms with Crippen molar-refractivity contribution in [3.63, 3.8) is 0 Å². The second kappa shape index (κ2) is 11.0. The Balaban J connectivity index is 1.66. The minimum absolute atomic E-state index is 0.0707. The van der Waals surface area contributed by atoms with Gasteiger partial charge in [0.1, 0.15) is 12.4 Å². The van der Waals surface area contributed by atoms with Gasteiger partial charge < -0.3 is 5.32 Å². The average molecular weight is 560 g/mol. The molecule has 7 nitrogen and oxygen atoms in total. The molecule has 1 unspecified atom stereocenters. The van der Waals surface area contributed by atoms with Crippen molar-refractivity contribution in [2.24, 2.45) is 0 Å². The van der Waals surface area contributed by atoms with Crippen LogP contribution in [0.25, 0.3) is 5.69 Å². The highest BCUT2D eigenvalue weighted by atomic mass is 32.2. The van der Waals surface area contributed by atoms with Crippen molar-refractivity contribution in [3.05, 3.63) is 93.1 Å². The van der Waals surface area contributed by atoms with Gasteiger partial charge in [-0.2, -0.15) is 5.10 Å². The van der Waals surface area contributed by atoms with E-state index in [9.17, 15) is 9.59 Å². The summed E-state index contributed by atoms with van der Waals surface area (Å²) in [6, 6.07) is 15.9. The quantitative estimate of drug-likeness (QED) is 0.326. The molecule has 39 heavy (non-hydrogen) atoms. The molecule has 1 atom stereocenters. The molecule has 3 aromatic heterocycles.